The molecule has 6 nitrogen and oxygen atoms in total. The zero-order valence-corrected chi connectivity index (χ0v) is 20.3. The third-order valence-corrected chi connectivity index (χ3v) is 9.51. The Bertz CT molecular complexity index is 1200. The van der Waals surface area contributed by atoms with E-state index in [2.05, 4.69) is 22.5 Å². The summed E-state index contributed by atoms with van der Waals surface area (Å²) in [7, 11) is 0. The number of aromatic nitrogens is 1. The van der Waals surface area contributed by atoms with Gasteiger partial charge in [-0.2, -0.15) is 0 Å². The van der Waals surface area contributed by atoms with Crippen molar-refractivity contribution in [1.82, 2.24) is 9.88 Å². The van der Waals surface area contributed by atoms with E-state index in [0.717, 1.165) is 24.9 Å². The second kappa shape index (κ2) is 8.39. The normalized spacial score (nSPS) is 35.9. The van der Waals surface area contributed by atoms with Crippen molar-refractivity contribution in [1.29, 1.82) is 0 Å². The number of imide groups is 1. The van der Waals surface area contributed by atoms with Crippen LogP contribution in [-0.4, -0.2) is 33.6 Å². The van der Waals surface area contributed by atoms with Crippen LogP contribution in [0, 0.1) is 41.4 Å². The Kier molecular flexibility index (Phi) is 5.12. The highest BCUT2D eigenvalue weighted by Gasteiger charge is 2.67. The topological polar surface area (TPSA) is 79.4 Å². The zero-order valence-electron chi connectivity index (χ0n) is 20.3. The third kappa shape index (κ3) is 3.53. The van der Waals surface area contributed by atoms with Gasteiger partial charge in [0.05, 0.1) is 11.8 Å². The predicted molar refractivity (Wildman–Crippen MR) is 134 cm³/mol. The number of nitrogens with one attached hydrogen (secondary N) is 1. The second-order valence-electron chi connectivity index (χ2n) is 11.4. The molecule has 4 fully saturated rings. The van der Waals surface area contributed by atoms with Crippen LogP contribution < -0.4 is 5.32 Å². The van der Waals surface area contributed by atoms with Gasteiger partial charge in [0.2, 0.25) is 17.7 Å². The van der Waals surface area contributed by atoms with Crippen molar-refractivity contribution in [2.45, 2.75) is 44.6 Å². The van der Waals surface area contributed by atoms with Crippen LogP contribution in [0.15, 0.2) is 60.9 Å². The van der Waals surface area contributed by atoms with Crippen LogP contribution in [0.4, 0.5) is 5.69 Å². The molecular weight excluding hydrogens is 450 g/mol. The largest absolute Gasteiger partial charge is 0.326 e. The average Bonchev–Trinajstić information content (AvgIpc) is 3.69. The molecule has 184 valence electrons. The first-order chi connectivity index (χ1) is 17.6. The number of carbonyl (C=O) groups excluding carboxylic acids is 3. The Labute approximate surface area is 211 Å². The minimum atomic E-state index is -0.126. The first-order valence-electron chi connectivity index (χ1n) is 13.4. The van der Waals surface area contributed by atoms with Crippen molar-refractivity contribution in [3.05, 3.63) is 72.1 Å². The van der Waals surface area contributed by atoms with E-state index in [9.17, 15) is 14.4 Å². The van der Waals surface area contributed by atoms with Gasteiger partial charge >= 0.3 is 0 Å². The van der Waals surface area contributed by atoms with Crippen LogP contribution in [0.3, 0.4) is 0 Å². The molecule has 1 N–H and O–H groups in total. The van der Waals surface area contributed by atoms with E-state index in [1.165, 1.54) is 17.5 Å². The second-order valence-corrected chi connectivity index (χ2v) is 11.4. The molecule has 1 aromatic heterocycles. The Hall–Kier alpha value is -3.28. The first-order valence-corrected chi connectivity index (χ1v) is 13.4. The van der Waals surface area contributed by atoms with Crippen LogP contribution in [0.1, 0.15) is 43.2 Å². The molecule has 2 aromatic rings. The van der Waals surface area contributed by atoms with Crippen molar-refractivity contribution in [2.24, 2.45) is 41.4 Å². The van der Waals surface area contributed by atoms with E-state index in [1.807, 2.05) is 36.4 Å². The van der Waals surface area contributed by atoms with E-state index in [-0.39, 0.29) is 53.4 Å². The molecule has 3 amide bonds. The smallest absolute Gasteiger partial charge is 0.233 e. The first kappa shape index (κ1) is 22.0. The van der Waals surface area contributed by atoms with Crippen molar-refractivity contribution >= 4 is 23.4 Å². The van der Waals surface area contributed by atoms with Gasteiger partial charge in [-0.05, 0) is 97.6 Å². The predicted octanol–water partition coefficient (Wildman–Crippen LogP) is 4.22. The average molecular weight is 482 g/mol. The molecule has 1 aliphatic heterocycles. The van der Waals surface area contributed by atoms with Gasteiger partial charge < -0.3 is 5.32 Å². The number of anilines is 1. The molecule has 0 unspecified atom stereocenters. The quantitative estimate of drug-likeness (QED) is 0.512. The maximum absolute atomic E-state index is 13.4. The van der Waals surface area contributed by atoms with Crippen molar-refractivity contribution in [3.63, 3.8) is 0 Å². The Morgan fingerprint density at radius 2 is 1.42 bits per heavy atom. The fraction of sp³-hybridized carbons (Fsp3) is 0.467. The monoisotopic (exact) mass is 481 g/mol. The molecular formula is C30H31N3O3. The molecule has 0 radical (unpaired) electrons. The number of hydrogen-bond donors (Lipinski definition) is 1. The van der Waals surface area contributed by atoms with Crippen molar-refractivity contribution in [2.75, 3.05) is 5.32 Å². The summed E-state index contributed by atoms with van der Waals surface area (Å²) in [5.41, 5.74) is 3.19. The summed E-state index contributed by atoms with van der Waals surface area (Å²) >= 11 is 0. The lowest BCUT2D eigenvalue weighted by Gasteiger charge is -2.37. The van der Waals surface area contributed by atoms with Crippen LogP contribution >= 0.6 is 0 Å². The van der Waals surface area contributed by atoms with Gasteiger partial charge in [-0.15, -0.1) is 0 Å². The number of carbonyl (C=O) groups is 3. The molecule has 2 bridgehead atoms. The molecule has 8 rings (SSSR count). The number of likely N-dealkylation sites (tertiary alicyclic amines) is 1. The van der Waals surface area contributed by atoms with Gasteiger partial charge in [-0.1, -0.05) is 24.3 Å². The molecule has 2 heterocycles. The van der Waals surface area contributed by atoms with Crippen LogP contribution in [0.5, 0.6) is 0 Å². The minimum Gasteiger partial charge on any atom is -0.326 e. The van der Waals surface area contributed by atoms with Gasteiger partial charge in [0.1, 0.15) is 0 Å². The summed E-state index contributed by atoms with van der Waals surface area (Å²) in [6.07, 6.45) is 12.9. The van der Waals surface area contributed by atoms with Gasteiger partial charge in [-0.3, -0.25) is 24.3 Å². The molecule has 0 spiro atoms. The summed E-state index contributed by atoms with van der Waals surface area (Å²) in [4.78, 5) is 45.4. The molecule has 5 aliphatic carbocycles. The standard InChI is InChI=1S/C30H31N3O3/c34-28(32-20-5-1-17(2-6-20)15-18-11-13-31-14-12-18)19-3-7-21(8-4-19)33-29(35)26-22-9-10-23(25-16-24(22)25)27(26)30(33)36/h1-2,5-6,9-14,19,21-27H,3-4,7-8,15-16H2,(H,32,34)/t19?,21?,22-,23+,24+,25-,26-,27+. The highest BCUT2D eigenvalue weighted by atomic mass is 16.2. The molecule has 6 aliphatic rings. The Morgan fingerprint density at radius 1 is 0.833 bits per heavy atom. The molecule has 1 saturated heterocycles. The van der Waals surface area contributed by atoms with Crippen molar-refractivity contribution < 1.29 is 14.4 Å². The molecule has 36 heavy (non-hydrogen) atoms. The lowest BCUT2D eigenvalue weighted by Crippen LogP contribution is -2.44. The van der Waals surface area contributed by atoms with Gasteiger partial charge in [-0.25, -0.2) is 0 Å². The number of hydrogen-bond acceptors (Lipinski definition) is 4. The molecule has 1 aromatic carbocycles. The zero-order chi connectivity index (χ0) is 24.4. The SMILES string of the molecule is O=C(Nc1ccc(Cc2ccncc2)cc1)C1CCC(N2C(=O)[C@@H]3[C@@H]4C=C[C@@H]([C@H]5C[C@@H]45)[C@@H]3C2=O)CC1. The van der Waals surface area contributed by atoms with E-state index >= 15 is 0 Å². The van der Waals surface area contributed by atoms with E-state index in [1.54, 1.807) is 17.3 Å². The summed E-state index contributed by atoms with van der Waals surface area (Å²) in [6, 6.07) is 12.0. The maximum atomic E-state index is 13.4. The highest BCUT2D eigenvalue weighted by molar-refractivity contribution is 6.06. The Morgan fingerprint density at radius 3 is 2.03 bits per heavy atom. The summed E-state index contributed by atoms with van der Waals surface area (Å²) in [6.45, 7) is 0. The lowest BCUT2D eigenvalue weighted by atomic mass is 9.63. The van der Waals surface area contributed by atoms with Gasteiger partial charge in [0.15, 0.2) is 0 Å². The third-order valence-electron chi connectivity index (χ3n) is 9.51. The van der Waals surface area contributed by atoms with E-state index in [4.69, 9.17) is 0 Å². The molecule has 3 saturated carbocycles. The minimum absolute atomic E-state index is 0.0328. The number of nitrogens with zero attached hydrogens (tertiary/aromatic N) is 2. The summed E-state index contributed by atoms with van der Waals surface area (Å²) in [5, 5.41) is 3.07. The van der Waals surface area contributed by atoms with Crippen molar-refractivity contribution in [3.8, 4) is 0 Å². The van der Waals surface area contributed by atoms with E-state index < -0.39 is 0 Å². The fourth-order valence-corrected chi connectivity index (χ4v) is 7.62. The number of benzene rings is 1. The van der Waals surface area contributed by atoms with Gasteiger partial charge in [0.25, 0.3) is 0 Å². The lowest BCUT2D eigenvalue weighted by molar-refractivity contribution is -0.144. The maximum Gasteiger partial charge on any atom is 0.233 e. The van der Waals surface area contributed by atoms with Crippen LogP contribution in [0.2, 0.25) is 0 Å². The highest BCUT2D eigenvalue weighted by Crippen LogP contribution is 2.65. The van der Waals surface area contributed by atoms with Crippen LogP contribution in [-0.2, 0) is 20.8 Å². The number of amides is 3. The van der Waals surface area contributed by atoms with Gasteiger partial charge in [0, 0.05) is 30.0 Å². The number of allylic oxidation sites excluding steroid dienone is 2. The Balaban J connectivity index is 0.950. The number of rotatable bonds is 5. The number of pyridine rings is 1. The molecule has 6 heteroatoms. The summed E-state index contributed by atoms with van der Waals surface area (Å²) in [5.74, 6) is 1.61. The molecule has 6 atom stereocenters. The van der Waals surface area contributed by atoms with E-state index in [0.29, 0.717) is 24.7 Å². The fourth-order valence-electron chi connectivity index (χ4n) is 7.62. The van der Waals surface area contributed by atoms with Crippen LogP contribution in [0.25, 0.3) is 0 Å². The summed E-state index contributed by atoms with van der Waals surface area (Å²) < 4.78 is 0.